The second-order valence-electron chi connectivity index (χ2n) is 15.0. The highest BCUT2D eigenvalue weighted by Gasteiger charge is 2.42. The Morgan fingerprint density at radius 3 is 1.82 bits per heavy atom. The molecule has 1 unspecified atom stereocenters. The van der Waals surface area contributed by atoms with Gasteiger partial charge in [0.25, 0.3) is 0 Å². The Morgan fingerprint density at radius 1 is 0.404 bits per heavy atom. The van der Waals surface area contributed by atoms with Crippen LogP contribution in [0.2, 0.25) is 0 Å². The zero-order chi connectivity index (χ0) is 37.9. The maximum Gasteiger partial charge on any atom is 0.160 e. The van der Waals surface area contributed by atoms with E-state index in [-0.39, 0.29) is 5.41 Å². The monoisotopic (exact) mass is 728 g/mol. The van der Waals surface area contributed by atoms with Crippen LogP contribution in [0.4, 0.5) is 0 Å². The molecule has 8 aromatic carbocycles. The van der Waals surface area contributed by atoms with Crippen LogP contribution in [0, 0.1) is 0 Å². The summed E-state index contributed by atoms with van der Waals surface area (Å²) in [5.74, 6) is 0.689. The maximum absolute atomic E-state index is 6.43. The molecule has 0 spiro atoms. The van der Waals surface area contributed by atoms with E-state index in [2.05, 4.69) is 177 Å². The van der Waals surface area contributed by atoms with E-state index < -0.39 is 0 Å². The fourth-order valence-electron chi connectivity index (χ4n) is 9.02. The number of para-hydroxylation sites is 2. The lowest BCUT2D eigenvalue weighted by Crippen LogP contribution is -2.23. The van der Waals surface area contributed by atoms with Gasteiger partial charge in [-0.2, -0.15) is 0 Å². The summed E-state index contributed by atoms with van der Waals surface area (Å²) in [7, 11) is 0. The number of aromatic nitrogens is 2. The van der Waals surface area contributed by atoms with Gasteiger partial charge in [0.15, 0.2) is 5.82 Å². The Hall–Kier alpha value is -7.36. The van der Waals surface area contributed by atoms with Crippen LogP contribution >= 0.6 is 0 Å². The molecule has 3 heteroatoms. The first-order valence-electron chi connectivity index (χ1n) is 19.5. The van der Waals surface area contributed by atoms with Gasteiger partial charge in [-0.3, -0.25) is 0 Å². The molecule has 0 aliphatic heterocycles. The Kier molecular flexibility index (Phi) is 7.61. The summed E-state index contributed by atoms with van der Waals surface area (Å²) < 4.78 is 6.43. The number of hydrogen-bond donors (Lipinski definition) is 0. The van der Waals surface area contributed by atoms with Gasteiger partial charge in [0.05, 0.1) is 11.4 Å². The largest absolute Gasteiger partial charge is 0.455 e. The quantitative estimate of drug-likeness (QED) is 0.171. The molecule has 2 aromatic heterocycles. The van der Waals surface area contributed by atoms with E-state index in [4.69, 9.17) is 14.4 Å². The van der Waals surface area contributed by atoms with Crippen molar-refractivity contribution in [3.8, 4) is 67.3 Å². The summed E-state index contributed by atoms with van der Waals surface area (Å²) in [5.41, 5.74) is 17.4. The van der Waals surface area contributed by atoms with E-state index in [9.17, 15) is 0 Å². The molecule has 0 bridgehead atoms. The molecule has 57 heavy (non-hydrogen) atoms. The highest BCUT2D eigenvalue weighted by molar-refractivity contribution is 6.09. The topological polar surface area (TPSA) is 38.9 Å². The summed E-state index contributed by atoms with van der Waals surface area (Å²) in [6, 6.07) is 71.0. The molecule has 0 saturated carbocycles. The van der Waals surface area contributed by atoms with E-state index in [1.807, 2.05) is 30.3 Å². The molecule has 0 amide bonds. The van der Waals surface area contributed by atoms with Gasteiger partial charge in [-0.15, -0.1) is 0 Å². The SMILES string of the molecule is CC1(c2ccccc2)c2ccccc2-c2cccc(-c3ccc(-c4cc(-c5cccc(-c6cccc7c6oc6ccccc67)c5)nc(-c5ccccc5)n4)cc3)c21. The minimum absolute atomic E-state index is 0.293. The fourth-order valence-corrected chi connectivity index (χ4v) is 9.02. The Labute approximate surface area is 331 Å². The van der Waals surface area contributed by atoms with Crippen LogP contribution in [0.1, 0.15) is 23.6 Å². The standard InChI is InChI=1S/C54H36N2O/c1-54(40-19-6-3-7-20-40)47-27-10-8-21-43(47)45-25-13-23-41(51(45)54)35-29-31-36(32-30-35)48-34-49(56-53(55-48)37-15-4-2-5-16-37)39-18-12-17-38(33-39)42-24-14-26-46-44-22-9-11-28-50(44)57-52(42)46/h2-34H,1H3. The number of hydrogen-bond acceptors (Lipinski definition) is 3. The molecule has 1 aliphatic rings. The lowest BCUT2D eigenvalue weighted by molar-refractivity contribution is 0.670. The third-order valence-corrected chi connectivity index (χ3v) is 11.8. The summed E-state index contributed by atoms with van der Waals surface area (Å²) in [4.78, 5) is 10.3. The minimum Gasteiger partial charge on any atom is -0.455 e. The van der Waals surface area contributed by atoms with Crippen LogP contribution in [0.15, 0.2) is 205 Å². The number of furan rings is 1. The molecule has 268 valence electrons. The number of nitrogens with zero attached hydrogens (tertiary/aromatic N) is 2. The average molecular weight is 729 g/mol. The molecule has 0 fully saturated rings. The second kappa shape index (κ2) is 13.1. The molecule has 10 aromatic rings. The molecule has 1 aliphatic carbocycles. The van der Waals surface area contributed by atoms with E-state index >= 15 is 0 Å². The van der Waals surface area contributed by atoms with Crippen LogP contribution in [0.3, 0.4) is 0 Å². The van der Waals surface area contributed by atoms with Gasteiger partial charge in [-0.1, -0.05) is 182 Å². The van der Waals surface area contributed by atoms with Crippen LogP contribution in [0.25, 0.3) is 89.2 Å². The smallest absolute Gasteiger partial charge is 0.160 e. The zero-order valence-electron chi connectivity index (χ0n) is 31.4. The fraction of sp³-hybridized carbons (Fsp3) is 0.0370. The van der Waals surface area contributed by atoms with Gasteiger partial charge in [0, 0.05) is 38.4 Å². The molecule has 2 heterocycles. The molecule has 1 atom stereocenters. The van der Waals surface area contributed by atoms with Gasteiger partial charge in [-0.25, -0.2) is 9.97 Å². The first-order valence-corrected chi connectivity index (χ1v) is 19.5. The van der Waals surface area contributed by atoms with E-state index in [1.165, 1.54) is 38.9 Å². The minimum atomic E-state index is -0.293. The number of benzene rings is 8. The van der Waals surface area contributed by atoms with Crippen LogP contribution in [0.5, 0.6) is 0 Å². The Bertz CT molecular complexity index is 3130. The second-order valence-corrected chi connectivity index (χ2v) is 15.0. The molecule has 3 nitrogen and oxygen atoms in total. The predicted octanol–water partition coefficient (Wildman–Crippen LogP) is 14.0. The summed E-state index contributed by atoms with van der Waals surface area (Å²) in [5, 5.41) is 2.23. The summed E-state index contributed by atoms with van der Waals surface area (Å²) >= 11 is 0. The van der Waals surface area contributed by atoms with Crippen LogP contribution in [-0.4, -0.2) is 9.97 Å². The third kappa shape index (κ3) is 5.35. The van der Waals surface area contributed by atoms with Crippen molar-refractivity contribution in [1.82, 2.24) is 9.97 Å². The molecule has 0 N–H and O–H groups in total. The first-order chi connectivity index (χ1) is 28.1. The van der Waals surface area contributed by atoms with Gasteiger partial charge in [-0.05, 0) is 69.6 Å². The molecular weight excluding hydrogens is 693 g/mol. The molecular formula is C54H36N2O. The lowest BCUT2D eigenvalue weighted by atomic mass is 9.72. The maximum atomic E-state index is 6.43. The summed E-state index contributed by atoms with van der Waals surface area (Å²) in [6.45, 7) is 2.38. The highest BCUT2D eigenvalue weighted by Crippen LogP contribution is 2.55. The van der Waals surface area contributed by atoms with Crippen molar-refractivity contribution in [2.24, 2.45) is 0 Å². The summed E-state index contributed by atoms with van der Waals surface area (Å²) in [6.07, 6.45) is 0. The predicted molar refractivity (Wildman–Crippen MR) is 234 cm³/mol. The van der Waals surface area contributed by atoms with E-state index in [1.54, 1.807) is 0 Å². The van der Waals surface area contributed by atoms with Crippen molar-refractivity contribution in [2.75, 3.05) is 0 Å². The van der Waals surface area contributed by atoms with Crippen LogP contribution in [-0.2, 0) is 5.41 Å². The first kappa shape index (κ1) is 33.0. The third-order valence-electron chi connectivity index (χ3n) is 11.8. The van der Waals surface area contributed by atoms with E-state index in [0.29, 0.717) is 5.82 Å². The molecule has 0 radical (unpaired) electrons. The van der Waals surface area contributed by atoms with Crippen molar-refractivity contribution < 1.29 is 4.42 Å². The number of fused-ring (bicyclic) bond motifs is 6. The van der Waals surface area contributed by atoms with Gasteiger partial charge in [0.2, 0.25) is 0 Å². The number of rotatable bonds is 6. The van der Waals surface area contributed by atoms with Gasteiger partial charge in [0.1, 0.15) is 11.2 Å². The van der Waals surface area contributed by atoms with Crippen molar-refractivity contribution in [1.29, 1.82) is 0 Å². The Balaban J connectivity index is 1.02. The van der Waals surface area contributed by atoms with Crippen molar-refractivity contribution in [2.45, 2.75) is 12.3 Å². The zero-order valence-corrected chi connectivity index (χ0v) is 31.4. The van der Waals surface area contributed by atoms with E-state index in [0.717, 1.165) is 61.1 Å². The van der Waals surface area contributed by atoms with Gasteiger partial charge >= 0.3 is 0 Å². The molecule has 0 saturated heterocycles. The normalized spacial score (nSPS) is 14.5. The Morgan fingerprint density at radius 2 is 0.982 bits per heavy atom. The lowest BCUT2D eigenvalue weighted by Gasteiger charge is -2.30. The highest BCUT2D eigenvalue weighted by atomic mass is 16.3. The van der Waals surface area contributed by atoms with Crippen molar-refractivity contribution >= 4 is 21.9 Å². The van der Waals surface area contributed by atoms with Crippen molar-refractivity contribution in [3.63, 3.8) is 0 Å². The molecule has 11 rings (SSSR count). The average Bonchev–Trinajstić information content (AvgIpc) is 3.80. The van der Waals surface area contributed by atoms with Crippen molar-refractivity contribution in [3.05, 3.63) is 217 Å². The van der Waals surface area contributed by atoms with Crippen LogP contribution < -0.4 is 0 Å². The van der Waals surface area contributed by atoms with Gasteiger partial charge < -0.3 is 4.42 Å².